The largest absolute Gasteiger partial charge is 0.504 e. The summed E-state index contributed by atoms with van der Waals surface area (Å²) in [6.07, 6.45) is 0.663. The summed E-state index contributed by atoms with van der Waals surface area (Å²) in [5, 5.41) is 9.69. The van der Waals surface area contributed by atoms with Crippen LogP contribution in [0.5, 0.6) is 11.5 Å². The first-order valence-corrected chi connectivity index (χ1v) is 6.00. The lowest BCUT2D eigenvalue weighted by molar-refractivity contribution is 0.0729. The Kier molecular flexibility index (Phi) is 4.15. The molecule has 2 aromatic rings. The number of carbonyl (C=O) groups excluding carboxylic acids is 1. The van der Waals surface area contributed by atoms with Crippen LogP contribution in [0.2, 0.25) is 0 Å². The predicted octanol–water partition coefficient (Wildman–Crippen LogP) is 2.11. The maximum atomic E-state index is 11.9. The molecule has 0 aliphatic rings. The van der Waals surface area contributed by atoms with E-state index in [1.54, 1.807) is 36.4 Å². The Morgan fingerprint density at radius 1 is 1.16 bits per heavy atom. The minimum atomic E-state index is -0.499. The maximum absolute atomic E-state index is 11.9. The van der Waals surface area contributed by atoms with Gasteiger partial charge in [0.2, 0.25) is 0 Å². The zero-order valence-electron chi connectivity index (χ0n) is 10.4. The average Bonchev–Trinajstić information content (AvgIpc) is 2.44. The molecular formula is C15H15NO3. The minimum absolute atomic E-state index is 0.0648. The molecule has 0 heterocycles. The van der Waals surface area contributed by atoms with E-state index in [2.05, 4.69) is 0 Å². The van der Waals surface area contributed by atoms with Crippen molar-refractivity contribution in [3.8, 4) is 11.5 Å². The van der Waals surface area contributed by atoms with E-state index >= 15 is 0 Å². The van der Waals surface area contributed by atoms with Crippen molar-refractivity contribution >= 4 is 5.97 Å². The number of rotatable bonds is 4. The van der Waals surface area contributed by atoms with Crippen LogP contribution in [0.3, 0.4) is 0 Å². The Hall–Kier alpha value is -2.33. The highest BCUT2D eigenvalue weighted by Gasteiger charge is 2.11. The summed E-state index contributed by atoms with van der Waals surface area (Å²) in [4.78, 5) is 11.9. The van der Waals surface area contributed by atoms with Crippen molar-refractivity contribution in [2.75, 3.05) is 6.54 Å². The topological polar surface area (TPSA) is 72.6 Å². The molecule has 2 rings (SSSR count). The lowest BCUT2D eigenvalue weighted by Crippen LogP contribution is -2.09. The molecule has 0 saturated carbocycles. The van der Waals surface area contributed by atoms with Gasteiger partial charge in [0.25, 0.3) is 0 Å². The molecule has 0 amide bonds. The van der Waals surface area contributed by atoms with Crippen LogP contribution in [0.1, 0.15) is 15.9 Å². The third-order valence-corrected chi connectivity index (χ3v) is 2.67. The number of carbonyl (C=O) groups is 1. The quantitative estimate of drug-likeness (QED) is 0.650. The second-order valence-corrected chi connectivity index (χ2v) is 4.10. The molecule has 0 atom stereocenters. The SMILES string of the molecule is NCCc1ccc(O)c(OC(=O)c2ccccc2)c1. The number of nitrogens with two attached hydrogens (primary N) is 1. The minimum Gasteiger partial charge on any atom is -0.504 e. The van der Waals surface area contributed by atoms with E-state index in [-0.39, 0.29) is 11.5 Å². The van der Waals surface area contributed by atoms with E-state index in [4.69, 9.17) is 10.5 Å². The molecule has 0 aromatic heterocycles. The fourth-order valence-electron chi connectivity index (χ4n) is 1.70. The monoisotopic (exact) mass is 257 g/mol. The van der Waals surface area contributed by atoms with Gasteiger partial charge in [-0.05, 0) is 42.8 Å². The van der Waals surface area contributed by atoms with E-state index in [1.807, 2.05) is 6.07 Å². The molecule has 19 heavy (non-hydrogen) atoms. The number of benzene rings is 2. The van der Waals surface area contributed by atoms with E-state index in [0.29, 0.717) is 18.5 Å². The van der Waals surface area contributed by atoms with Gasteiger partial charge in [0.15, 0.2) is 11.5 Å². The van der Waals surface area contributed by atoms with Crippen molar-refractivity contribution in [2.45, 2.75) is 6.42 Å². The van der Waals surface area contributed by atoms with Gasteiger partial charge < -0.3 is 15.6 Å². The van der Waals surface area contributed by atoms with Gasteiger partial charge in [-0.1, -0.05) is 24.3 Å². The van der Waals surface area contributed by atoms with Crippen molar-refractivity contribution in [2.24, 2.45) is 5.73 Å². The van der Waals surface area contributed by atoms with Gasteiger partial charge in [-0.25, -0.2) is 4.79 Å². The van der Waals surface area contributed by atoms with Gasteiger partial charge in [0.1, 0.15) is 0 Å². The molecule has 0 bridgehead atoms. The Bertz CT molecular complexity index is 567. The second kappa shape index (κ2) is 6.02. The summed E-state index contributed by atoms with van der Waals surface area (Å²) in [6.45, 7) is 0.497. The van der Waals surface area contributed by atoms with Crippen LogP contribution in [0.15, 0.2) is 48.5 Å². The highest BCUT2D eigenvalue weighted by molar-refractivity contribution is 5.91. The van der Waals surface area contributed by atoms with Gasteiger partial charge >= 0.3 is 5.97 Å². The molecule has 4 nitrogen and oxygen atoms in total. The molecule has 0 radical (unpaired) electrons. The fourth-order valence-corrected chi connectivity index (χ4v) is 1.70. The van der Waals surface area contributed by atoms with Crippen molar-refractivity contribution in [3.63, 3.8) is 0 Å². The number of esters is 1. The van der Waals surface area contributed by atoms with Crippen molar-refractivity contribution in [3.05, 3.63) is 59.7 Å². The molecule has 0 aliphatic heterocycles. The summed E-state index contributed by atoms with van der Waals surface area (Å²) in [6, 6.07) is 13.5. The van der Waals surface area contributed by atoms with E-state index in [0.717, 1.165) is 5.56 Å². The van der Waals surface area contributed by atoms with Gasteiger partial charge in [-0.15, -0.1) is 0 Å². The van der Waals surface area contributed by atoms with Crippen molar-refractivity contribution in [1.29, 1.82) is 0 Å². The fraction of sp³-hybridized carbons (Fsp3) is 0.133. The zero-order valence-corrected chi connectivity index (χ0v) is 10.4. The van der Waals surface area contributed by atoms with Gasteiger partial charge in [0.05, 0.1) is 5.56 Å². The number of aromatic hydroxyl groups is 1. The third-order valence-electron chi connectivity index (χ3n) is 2.67. The molecule has 98 valence electrons. The lowest BCUT2D eigenvalue weighted by Gasteiger charge is -2.08. The van der Waals surface area contributed by atoms with E-state index < -0.39 is 5.97 Å². The van der Waals surface area contributed by atoms with Crippen LogP contribution in [0.25, 0.3) is 0 Å². The first-order chi connectivity index (χ1) is 9.20. The van der Waals surface area contributed by atoms with Crippen LogP contribution < -0.4 is 10.5 Å². The Labute approximate surface area is 111 Å². The van der Waals surface area contributed by atoms with E-state index in [9.17, 15) is 9.90 Å². The molecular weight excluding hydrogens is 242 g/mol. The molecule has 0 unspecified atom stereocenters. The first kappa shape index (κ1) is 13.1. The molecule has 0 aliphatic carbocycles. The van der Waals surface area contributed by atoms with Crippen LogP contribution >= 0.6 is 0 Å². The molecule has 4 heteroatoms. The normalized spacial score (nSPS) is 10.2. The Balaban J connectivity index is 2.18. The van der Waals surface area contributed by atoms with Gasteiger partial charge in [0, 0.05) is 0 Å². The summed E-state index contributed by atoms with van der Waals surface area (Å²) in [5.74, 6) is -0.411. The summed E-state index contributed by atoms with van der Waals surface area (Å²) in [5.41, 5.74) is 6.82. The molecule has 0 saturated heterocycles. The lowest BCUT2D eigenvalue weighted by atomic mass is 10.1. The summed E-state index contributed by atoms with van der Waals surface area (Å²) < 4.78 is 5.19. The smallest absolute Gasteiger partial charge is 0.343 e. The maximum Gasteiger partial charge on any atom is 0.343 e. The standard InChI is InChI=1S/C15H15NO3/c16-9-8-11-6-7-13(17)14(10-11)19-15(18)12-4-2-1-3-5-12/h1-7,10,17H,8-9,16H2. The Morgan fingerprint density at radius 2 is 1.89 bits per heavy atom. The van der Waals surface area contributed by atoms with E-state index in [1.165, 1.54) is 6.07 Å². The highest BCUT2D eigenvalue weighted by atomic mass is 16.5. The summed E-state index contributed by atoms with van der Waals surface area (Å²) >= 11 is 0. The summed E-state index contributed by atoms with van der Waals surface area (Å²) in [7, 11) is 0. The zero-order chi connectivity index (χ0) is 13.7. The van der Waals surface area contributed by atoms with Crippen molar-refractivity contribution < 1.29 is 14.6 Å². The highest BCUT2D eigenvalue weighted by Crippen LogP contribution is 2.27. The number of phenols is 1. The number of hydrogen-bond acceptors (Lipinski definition) is 4. The number of phenolic OH excluding ortho intramolecular Hbond substituents is 1. The van der Waals surface area contributed by atoms with Gasteiger partial charge in [-0.2, -0.15) is 0 Å². The van der Waals surface area contributed by atoms with Crippen LogP contribution in [-0.4, -0.2) is 17.6 Å². The number of hydrogen-bond donors (Lipinski definition) is 2. The predicted molar refractivity (Wildman–Crippen MR) is 72.3 cm³/mol. The van der Waals surface area contributed by atoms with Crippen LogP contribution in [0.4, 0.5) is 0 Å². The van der Waals surface area contributed by atoms with Crippen LogP contribution in [-0.2, 0) is 6.42 Å². The third kappa shape index (κ3) is 3.33. The van der Waals surface area contributed by atoms with Crippen LogP contribution in [0, 0.1) is 0 Å². The second-order valence-electron chi connectivity index (χ2n) is 4.10. The first-order valence-electron chi connectivity index (χ1n) is 6.00. The Morgan fingerprint density at radius 3 is 2.58 bits per heavy atom. The molecule has 2 aromatic carbocycles. The van der Waals surface area contributed by atoms with Crippen molar-refractivity contribution in [1.82, 2.24) is 0 Å². The number of ether oxygens (including phenoxy) is 1. The average molecular weight is 257 g/mol. The molecule has 3 N–H and O–H groups in total. The molecule has 0 spiro atoms. The molecule has 0 fully saturated rings. The van der Waals surface area contributed by atoms with Gasteiger partial charge in [-0.3, -0.25) is 0 Å².